The van der Waals surface area contributed by atoms with Gasteiger partial charge in [0.15, 0.2) is 0 Å². The molecule has 0 atom stereocenters. The molecule has 2 aromatic rings. The molecule has 3 aliphatic heterocycles. The Labute approximate surface area is 198 Å². The highest BCUT2D eigenvalue weighted by atomic mass is 32.2. The molecule has 14 heteroatoms. The van der Waals surface area contributed by atoms with Crippen molar-refractivity contribution in [3.05, 3.63) is 23.9 Å². The molecule has 3 fully saturated rings. The van der Waals surface area contributed by atoms with E-state index >= 15 is 0 Å². The number of hydrogen-bond donors (Lipinski definition) is 2. The van der Waals surface area contributed by atoms with E-state index in [0.29, 0.717) is 25.9 Å². The SMILES string of the molecule is CS(=O)(=O)N1CCC(Nc2ncc3cc(C(F)(F)F)cc(N4CC5(CNCC5(F)F)C4)c3n2)CC1. The average molecular weight is 521 g/mol. The monoisotopic (exact) mass is 520 g/mol. The summed E-state index contributed by atoms with van der Waals surface area (Å²) in [6.07, 6.45) is -1.14. The van der Waals surface area contributed by atoms with Crippen LogP contribution in [0.5, 0.6) is 0 Å². The number of nitrogens with zero attached hydrogens (tertiary/aromatic N) is 4. The summed E-state index contributed by atoms with van der Waals surface area (Å²) >= 11 is 0. The van der Waals surface area contributed by atoms with E-state index in [-0.39, 0.29) is 48.2 Å². The van der Waals surface area contributed by atoms with Crippen LogP contribution in [0.25, 0.3) is 10.9 Å². The molecule has 0 aliphatic carbocycles. The van der Waals surface area contributed by atoms with Gasteiger partial charge in [-0.15, -0.1) is 0 Å². The Morgan fingerprint density at radius 3 is 2.40 bits per heavy atom. The molecule has 1 aromatic carbocycles. The smallest absolute Gasteiger partial charge is 0.368 e. The second-order valence-corrected chi connectivity index (χ2v) is 11.6. The summed E-state index contributed by atoms with van der Waals surface area (Å²) in [5.74, 6) is -2.75. The van der Waals surface area contributed by atoms with E-state index in [1.165, 1.54) is 15.4 Å². The predicted octanol–water partition coefficient (Wildman–Crippen LogP) is 2.53. The molecular formula is C21H25F5N6O2S. The number of sulfonamides is 1. The van der Waals surface area contributed by atoms with Crippen LogP contribution in [0.15, 0.2) is 18.3 Å². The zero-order valence-corrected chi connectivity index (χ0v) is 19.7. The lowest BCUT2D eigenvalue weighted by molar-refractivity contribution is -0.137. The van der Waals surface area contributed by atoms with Gasteiger partial charge in [0.2, 0.25) is 16.0 Å². The minimum atomic E-state index is -4.62. The van der Waals surface area contributed by atoms with Gasteiger partial charge in [0, 0.05) is 50.3 Å². The zero-order chi connectivity index (χ0) is 25.2. The summed E-state index contributed by atoms with van der Waals surface area (Å²) < 4.78 is 94.3. The number of fused-ring (bicyclic) bond motifs is 1. The van der Waals surface area contributed by atoms with Gasteiger partial charge in [-0.25, -0.2) is 31.5 Å². The van der Waals surface area contributed by atoms with Crippen LogP contribution in [-0.4, -0.2) is 80.2 Å². The maximum Gasteiger partial charge on any atom is 0.416 e. The third-order valence-electron chi connectivity index (χ3n) is 7.16. The Morgan fingerprint density at radius 2 is 1.83 bits per heavy atom. The van der Waals surface area contributed by atoms with Crippen molar-refractivity contribution in [2.75, 3.05) is 55.7 Å². The Morgan fingerprint density at radius 1 is 1.14 bits per heavy atom. The number of benzene rings is 1. The summed E-state index contributed by atoms with van der Waals surface area (Å²) in [7, 11) is -3.28. The third-order valence-corrected chi connectivity index (χ3v) is 8.46. The molecule has 5 rings (SSSR count). The molecule has 0 amide bonds. The van der Waals surface area contributed by atoms with E-state index in [9.17, 15) is 30.4 Å². The maximum absolute atomic E-state index is 14.4. The predicted molar refractivity (Wildman–Crippen MR) is 120 cm³/mol. The Bertz CT molecular complexity index is 1240. The van der Waals surface area contributed by atoms with Gasteiger partial charge >= 0.3 is 6.18 Å². The molecule has 4 heterocycles. The number of nitrogens with one attached hydrogen (secondary N) is 2. The standard InChI is InChI=1S/C21H25F5N6O2S/c1-35(33,34)32-4-2-15(3-5-32)29-18-28-8-13-6-14(21(24,25)26)7-16(17(13)30-18)31-11-19(12-31)9-27-10-20(19,22)23/h6-8,15,27H,2-5,9-12H2,1H3,(H,28,29,30). The molecule has 8 nitrogen and oxygen atoms in total. The first kappa shape index (κ1) is 24.4. The largest absolute Gasteiger partial charge is 0.416 e. The van der Waals surface area contributed by atoms with Crippen molar-refractivity contribution in [2.24, 2.45) is 5.41 Å². The van der Waals surface area contributed by atoms with Crippen molar-refractivity contribution >= 4 is 32.6 Å². The van der Waals surface area contributed by atoms with Crippen molar-refractivity contribution in [1.29, 1.82) is 0 Å². The molecule has 1 spiro atoms. The number of piperidine rings is 1. The average Bonchev–Trinajstić information content (AvgIpc) is 3.06. The summed E-state index contributed by atoms with van der Waals surface area (Å²) in [6, 6.07) is 1.80. The highest BCUT2D eigenvalue weighted by molar-refractivity contribution is 7.88. The van der Waals surface area contributed by atoms with Crippen LogP contribution in [0.2, 0.25) is 0 Å². The molecule has 0 saturated carbocycles. The number of halogens is 5. The van der Waals surface area contributed by atoms with Crippen LogP contribution in [0.3, 0.4) is 0 Å². The van der Waals surface area contributed by atoms with Gasteiger partial charge in [0.1, 0.15) is 0 Å². The van der Waals surface area contributed by atoms with Crippen LogP contribution in [0.4, 0.5) is 33.6 Å². The summed E-state index contributed by atoms with van der Waals surface area (Å²) in [5, 5.41) is 5.98. The number of hydrogen-bond acceptors (Lipinski definition) is 7. The molecule has 192 valence electrons. The molecule has 0 radical (unpaired) electrons. The van der Waals surface area contributed by atoms with Gasteiger partial charge in [-0.3, -0.25) is 0 Å². The number of alkyl halides is 5. The molecule has 2 N–H and O–H groups in total. The van der Waals surface area contributed by atoms with Crippen molar-refractivity contribution in [2.45, 2.75) is 31.0 Å². The molecule has 35 heavy (non-hydrogen) atoms. The number of aromatic nitrogens is 2. The first-order chi connectivity index (χ1) is 16.3. The number of anilines is 2. The fourth-order valence-corrected chi connectivity index (χ4v) is 5.96. The highest BCUT2D eigenvalue weighted by Crippen LogP contribution is 2.49. The third kappa shape index (κ3) is 4.40. The van der Waals surface area contributed by atoms with Crippen LogP contribution >= 0.6 is 0 Å². The van der Waals surface area contributed by atoms with Gasteiger partial charge in [-0.1, -0.05) is 0 Å². The summed E-state index contributed by atoms with van der Waals surface area (Å²) in [5.41, 5.74) is -1.82. The molecule has 0 unspecified atom stereocenters. The van der Waals surface area contributed by atoms with E-state index in [1.54, 1.807) is 0 Å². The normalized spacial score (nSPS) is 23.1. The van der Waals surface area contributed by atoms with Gasteiger partial charge in [0.25, 0.3) is 5.92 Å². The fraction of sp³-hybridized carbons (Fsp3) is 0.619. The van der Waals surface area contributed by atoms with E-state index in [4.69, 9.17) is 0 Å². The second-order valence-electron chi connectivity index (χ2n) is 9.65. The summed E-state index contributed by atoms with van der Waals surface area (Å²) in [4.78, 5) is 10.1. The quantitative estimate of drug-likeness (QED) is 0.599. The molecule has 1 aromatic heterocycles. The molecule has 3 saturated heterocycles. The topological polar surface area (TPSA) is 90.5 Å². The minimum absolute atomic E-state index is 0.0832. The maximum atomic E-state index is 14.4. The van der Waals surface area contributed by atoms with Gasteiger partial charge in [-0.2, -0.15) is 13.2 Å². The lowest BCUT2D eigenvalue weighted by atomic mass is 9.76. The van der Waals surface area contributed by atoms with E-state index in [2.05, 4.69) is 20.6 Å². The second kappa shape index (κ2) is 8.10. The highest BCUT2D eigenvalue weighted by Gasteiger charge is 2.63. The Balaban J connectivity index is 1.42. The first-order valence-corrected chi connectivity index (χ1v) is 13.1. The number of rotatable bonds is 4. The van der Waals surface area contributed by atoms with Crippen molar-refractivity contribution in [3.8, 4) is 0 Å². The van der Waals surface area contributed by atoms with E-state index in [1.807, 2.05) is 0 Å². The van der Waals surface area contributed by atoms with Gasteiger partial charge in [0.05, 0.1) is 35.0 Å². The lowest BCUT2D eigenvalue weighted by Crippen LogP contribution is -2.64. The molecule has 3 aliphatic rings. The fourth-order valence-electron chi connectivity index (χ4n) is 5.09. The minimum Gasteiger partial charge on any atom is -0.368 e. The van der Waals surface area contributed by atoms with Crippen molar-refractivity contribution in [3.63, 3.8) is 0 Å². The Hall–Kier alpha value is -2.32. The van der Waals surface area contributed by atoms with E-state index < -0.39 is 39.6 Å². The molecule has 0 bridgehead atoms. The van der Waals surface area contributed by atoms with Crippen LogP contribution in [0, 0.1) is 5.41 Å². The van der Waals surface area contributed by atoms with Crippen molar-refractivity contribution in [1.82, 2.24) is 19.6 Å². The van der Waals surface area contributed by atoms with Gasteiger partial charge < -0.3 is 15.5 Å². The molecular weight excluding hydrogens is 495 g/mol. The zero-order valence-electron chi connectivity index (χ0n) is 18.9. The lowest BCUT2D eigenvalue weighted by Gasteiger charge is -2.51. The first-order valence-electron chi connectivity index (χ1n) is 11.2. The van der Waals surface area contributed by atoms with Crippen LogP contribution in [-0.2, 0) is 16.2 Å². The Kier molecular flexibility index (Phi) is 5.64. The van der Waals surface area contributed by atoms with Gasteiger partial charge in [-0.05, 0) is 25.0 Å². The van der Waals surface area contributed by atoms with Crippen molar-refractivity contribution < 1.29 is 30.4 Å². The van der Waals surface area contributed by atoms with E-state index in [0.717, 1.165) is 18.4 Å². The van der Waals surface area contributed by atoms with Crippen LogP contribution in [0.1, 0.15) is 18.4 Å². The van der Waals surface area contributed by atoms with Crippen LogP contribution < -0.4 is 15.5 Å². The summed E-state index contributed by atoms with van der Waals surface area (Å²) in [6.45, 7) is 0.158.